The Hall–Kier alpha value is -2.65. The monoisotopic (exact) mass is 404 g/mol. The van der Waals surface area contributed by atoms with Crippen molar-refractivity contribution >= 4 is 27.1 Å². The number of anilines is 2. The molecule has 1 aliphatic heterocycles. The molecule has 1 fully saturated rings. The molecular formula is C19H24N4O4S. The Kier molecular flexibility index (Phi) is 5.85. The molecule has 9 heteroatoms. The summed E-state index contributed by atoms with van der Waals surface area (Å²) in [6.45, 7) is 1.42. The van der Waals surface area contributed by atoms with Gasteiger partial charge < -0.3 is 9.80 Å². The van der Waals surface area contributed by atoms with Crippen LogP contribution in [0.1, 0.15) is 12.8 Å². The van der Waals surface area contributed by atoms with Crippen molar-refractivity contribution in [2.45, 2.75) is 23.8 Å². The van der Waals surface area contributed by atoms with Gasteiger partial charge in [0.15, 0.2) is 0 Å². The van der Waals surface area contributed by atoms with Gasteiger partial charge in [0.1, 0.15) is 5.69 Å². The van der Waals surface area contributed by atoms with Gasteiger partial charge in [-0.25, -0.2) is 13.1 Å². The van der Waals surface area contributed by atoms with E-state index in [0.29, 0.717) is 12.2 Å². The van der Waals surface area contributed by atoms with Crippen molar-refractivity contribution in [3.63, 3.8) is 0 Å². The molecule has 0 aromatic heterocycles. The van der Waals surface area contributed by atoms with Crippen molar-refractivity contribution in [2.75, 3.05) is 37.0 Å². The van der Waals surface area contributed by atoms with E-state index in [-0.39, 0.29) is 16.6 Å². The van der Waals surface area contributed by atoms with E-state index in [1.54, 1.807) is 6.07 Å². The van der Waals surface area contributed by atoms with Crippen LogP contribution in [-0.4, -0.2) is 46.6 Å². The van der Waals surface area contributed by atoms with E-state index < -0.39 is 14.9 Å². The lowest BCUT2D eigenvalue weighted by Crippen LogP contribution is -2.39. The molecule has 2 aromatic carbocycles. The Labute approximate surface area is 165 Å². The maximum absolute atomic E-state index is 12.0. The maximum atomic E-state index is 12.0. The summed E-state index contributed by atoms with van der Waals surface area (Å²) >= 11 is 0. The Morgan fingerprint density at radius 2 is 1.96 bits per heavy atom. The van der Waals surface area contributed by atoms with Gasteiger partial charge in [-0.3, -0.25) is 10.1 Å². The van der Waals surface area contributed by atoms with Crippen molar-refractivity contribution in [3.8, 4) is 0 Å². The number of sulfonamides is 1. The topological polar surface area (TPSA) is 95.8 Å². The second kappa shape index (κ2) is 8.15. The predicted molar refractivity (Wildman–Crippen MR) is 109 cm³/mol. The van der Waals surface area contributed by atoms with Crippen molar-refractivity contribution < 1.29 is 13.3 Å². The van der Waals surface area contributed by atoms with E-state index in [0.717, 1.165) is 31.1 Å². The van der Waals surface area contributed by atoms with Crippen LogP contribution in [0, 0.1) is 10.1 Å². The average Bonchev–Trinajstić information content (AvgIpc) is 3.16. The van der Waals surface area contributed by atoms with E-state index in [2.05, 4.69) is 9.62 Å². The summed E-state index contributed by atoms with van der Waals surface area (Å²) in [5.74, 6) is 0. The minimum absolute atomic E-state index is 0.107. The van der Waals surface area contributed by atoms with Crippen LogP contribution in [0.4, 0.5) is 17.1 Å². The van der Waals surface area contributed by atoms with E-state index >= 15 is 0 Å². The molecule has 1 atom stereocenters. The van der Waals surface area contributed by atoms with Gasteiger partial charge >= 0.3 is 0 Å². The zero-order valence-corrected chi connectivity index (χ0v) is 16.7. The molecule has 0 amide bonds. The number of para-hydroxylation sites is 1. The Morgan fingerprint density at radius 1 is 1.25 bits per heavy atom. The van der Waals surface area contributed by atoms with Crippen LogP contribution < -0.4 is 14.5 Å². The van der Waals surface area contributed by atoms with Crippen LogP contribution in [0.5, 0.6) is 0 Å². The highest BCUT2D eigenvalue weighted by Crippen LogP contribution is 2.35. The predicted octanol–water partition coefficient (Wildman–Crippen LogP) is 2.61. The lowest BCUT2D eigenvalue weighted by Gasteiger charge is -2.31. The van der Waals surface area contributed by atoms with Gasteiger partial charge in [-0.05, 0) is 44.2 Å². The fourth-order valence-corrected chi connectivity index (χ4v) is 4.37. The molecular weight excluding hydrogens is 380 g/mol. The number of nitro benzene ring substituents is 1. The smallest absolute Gasteiger partial charge is 0.293 e. The highest BCUT2D eigenvalue weighted by atomic mass is 32.2. The summed E-state index contributed by atoms with van der Waals surface area (Å²) in [4.78, 5) is 15.2. The van der Waals surface area contributed by atoms with E-state index in [9.17, 15) is 18.5 Å². The van der Waals surface area contributed by atoms with E-state index in [1.165, 1.54) is 13.1 Å². The summed E-state index contributed by atoms with van der Waals surface area (Å²) in [7, 11) is -0.459. The summed E-state index contributed by atoms with van der Waals surface area (Å²) in [6, 6.07) is 14.2. The SMILES string of the molecule is CNS(=O)(=O)c1ccc(N2CCCC2CN(C)c2ccccc2)c([N+](=O)[O-])c1. The summed E-state index contributed by atoms with van der Waals surface area (Å²) < 4.78 is 26.2. The highest BCUT2D eigenvalue weighted by Gasteiger charge is 2.31. The number of likely N-dealkylation sites (N-methyl/N-ethyl adjacent to an activating group) is 1. The van der Waals surface area contributed by atoms with E-state index in [1.807, 2.05) is 42.3 Å². The molecule has 150 valence electrons. The van der Waals surface area contributed by atoms with E-state index in [4.69, 9.17) is 0 Å². The number of nitrogens with zero attached hydrogens (tertiary/aromatic N) is 3. The molecule has 28 heavy (non-hydrogen) atoms. The quantitative estimate of drug-likeness (QED) is 0.563. The molecule has 3 rings (SSSR count). The number of nitrogens with one attached hydrogen (secondary N) is 1. The summed E-state index contributed by atoms with van der Waals surface area (Å²) in [6.07, 6.45) is 1.85. The van der Waals surface area contributed by atoms with Crippen LogP contribution >= 0.6 is 0 Å². The van der Waals surface area contributed by atoms with Crippen LogP contribution in [0.25, 0.3) is 0 Å². The molecule has 0 aliphatic carbocycles. The van der Waals surface area contributed by atoms with Gasteiger partial charge in [-0.15, -0.1) is 0 Å². The minimum atomic E-state index is -3.74. The number of nitro groups is 1. The van der Waals surface area contributed by atoms with Crippen molar-refractivity contribution in [1.82, 2.24) is 4.72 Å². The lowest BCUT2D eigenvalue weighted by molar-refractivity contribution is -0.384. The Balaban J connectivity index is 1.90. The zero-order valence-electron chi connectivity index (χ0n) is 15.9. The first-order valence-corrected chi connectivity index (χ1v) is 10.6. The lowest BCUT2D eigenvalue weighted by atomic mass is 10.1. The molecule has 1 aliphatic rings. The normalized spacial score (nSPS) is 16.9. The fourth-order valence-electron chi connectivity index (χ4n) is 3.62. The average molecular weight is 404 g/mol. The van der Waals surface area contributed by atoms with Gasteiger partial charge in [-0.2, -0.15) is 0 Å². The molecule has 2 aromatic rings. The fraction of sp³-hybridized carbons (Fsp3) is 0.368. The number of hydrogen-bond acceptors (Lipinski definition) is 6. The van der Waals surface area contributed by atoms with Crippen molar-refractivity contribution in [1.29, 1.82) is 0 Å². The molecule has 1 unspecified atom stereocenters. The van der Waals surface area contributed by atoms with Gasteiger partial charge in [0, 0.05) is 37.9 Å². The number of rotatable bonds is 7. The van der Waals surface area contributed by atoms with Gasteiger partial charge in [0.2, 0.25) is 10.0 Å². The first-order chi connectivity index (χ1) is 13.3. The highest BCUT2D eigenvalue weighted by molar-refractivity contribution is 7.89. The Morgan fingerprint density at radius 3 is 2.61 bits per heavy atom. The molecule has 0 spiro atoms. The third-order valence-electron chi connectivity index (χ3n) is 5.09. The third kappa shape index (κ3) is 4.10. The zero-order chi connectivity index (χ0) is 20.3. The molecule has 1 saturated heterocycles. The van der Waals surface area contributed by atoms with Crippen LogP contribution in [-0.2, 0) is 10.0 Å². The standard InChI is InChI=1S/C19H24N4O4S/c1-20-28(26,27)17-10-11-18(19(13-17)23(24)25)22-12-6-9-16(22)14-21(2)15-7-4-3-5-8-15/h3-5,7-8,10-11,13,16,20H,6,9,12,14H2,1-2H3. The van der Waals surface area contributed by atoms with Crippen molar-refractivity contribution in [2.24, 2.45) is 0 Å². The number of benzene rings is 2. The molecule has 0 saturated carbocycles. The van der Waals surface area contributed by atoms with Crippen LogP contribution in [0.2, 0.25) is 0 Å². The second-order valence-corrected chi connectivity index (χ2v) is 8.71. The molecule has 1 heterocycles. The van der Waals surface area contributed by atoms with Gasteiger partial charge in [0.05, 0.1) is 9.82 Å². The van der Waals surface area contributed by atoms with Crippen LogP contribution in [0.3, 0.4) is 0 Å². The minimum Gasteiger partial charge on any atom is -0.373 e. The largest absolute Gasteiger partial charge is 0.373 e. The van der Waals surface area contributed by atoms with Crippen LogP contribution in [0.15, 0.2) is 53.4 Å². The second-order valence-electron chi connectivity index (χ2n) is 6.82. The third-order valence-corrected chi connectivity index (χ3v) is 6.50. The van der Waals surface area contributed by atoms with Gasteiger partial charge in [-0.1, -0.05) is 18.2 Å². The molecule has 0 radical (unpaired) electrons. The van der Waals surface area contributed by atoms with Gasteiger partial charge in [0.25, 0.3) is 5.69 Å². The first kappa shape index (κ1) is 20.1. The molecule has 0 bridgehead atoms. The summed E-state index contributed by atoms with van der Waals surface area (Å²) in [5, 5.41) is 11.6. The Bertz CT molecular complexity index is 950. The maximum Gasteiger partial charge on any atom is 0.293 e. The molecule has 8 nitrogen and oxygen atoms in total. The first-order valence-electron chi connectivity index (χ1n) is 9.08. The van der Waals surface area contributed by atoms with Crippen molar-refractivity contribution in [3.05, 3.63) is 58.6 Å². The summed E-state index contributed by atoms with van der Waals surface area (Å²) in [5.41, 5.74) is 1.36. The number of hydrogen-bond donors (Lipinski definition) is 1. The molecule has 1 N–H and O–H groups in total.